The highest BCUT2D eigenvalue weighted by Gasteiger charge is 2.36. The van der Waals surface area contributed by atoms with Gasteiger partial charge in [0.05, 0.1) is 0 Å². The summed E-state index contributed by atoms with van der Waals surface area (Å²) < 4.78 is 5.75. The Labute approximate surface area is 130 Å². The van der Waals surface area contributed by atoms with E-state index in [1.54, 1.807) is 11.0 Å². The summed E-state index contributed by atoms with van der Waals surface area (Å²) in [5, 5.41) is 2.79. The van der Waals surface area contributed by atoms with Gasteiger partial charge in [-0.2, -0.15) is 0 Å². The van der Waals surface area contributed by atoms with Crippen LogP contribution in [0.2, 0.25) is 0 Å². The maximum absolute atomic E-state index is 12.3. The van der Waals surface area contributed by atoms with E-state index in [0.717, 1.165) is 5.76 Å². The third-order valence-corrected chi connectivity index (χ3v) is 4.51. The van der Waals surface area contributed by atoms with Gasteiger partial charge in [-0.25, -0.2) is 0 Å². The van der Waals surface area contributed by atoms with Crippen LogP contribution in [0, 0.1) is 5.92 Å². The molecule has 1 saturated carbocycles. The number of nitrogens with one attached hydrogen (secondary N) is 1. The van der Waals surface area contributed by atoms with Crippen LogP contribution in [0.3, 0.4) is 0 Å². The number of hydrogen-bond donors (Lipinski definition) is 1. The van der Waals surface area contributed by atoms with E-state index < -0.39 is 0 Å². The van der Waals surface area contributed by atoms with Crippen molar-refractivity contribution in [2.75, 3.05) is 13.1 Å². The first-order chi connectivity index (χ1) is 10.6. The normalized spacial score (nSPS) is 28.0. The topological polar surface area (TPSA) is 62.6 Å². The standard InChI is InChI=1S/C17H22N2O3/c1-3-14-17(21)18-8-9-19(14)16(20)7-5-12-4-6-15(22-12)13-10-11(13)2/h4-7,11,13-14H,3,8-10H2,1-2H3,(H,18,21)/b7-5+. The maximum Gasteiger partial charge on any atom is 0.247 e. The largest absolute Gasteiger partial charge is 0.461 e. The Morgan fingerprint density at radius 1 is 1.50 bits per heavy atom. The number of hydrogen-bond acceptors (Lipinski definition) is 3. The van der Waals surface area contributed by atoms with Gasteiger partial charge in [-0.15, -0.1) is 0 Å². The summed E-state index contributed by atoms with van der Waals surface area (Å²) in [5.41, 5.74) is 0. The van der Waals surface area contributed by atoms with Gasteiger partial charge in [0.2, 0.25) is 11.8 Å². The molecule has 1 aromatic rings. The lowest BCUT2D eigenvalue weighted by Crippen LogP contribution is -2.56. The van der Waals surface area contributed by atoms with Gasteiger partial charge in [0.25, 0.3) is 0 Å². The average molecular weight is 302 g/mol. The van der Waals surface area contributed by atoms with E-state index in [9.17, 15) is 9.59 Å². The molecule has 1 N–H and O–H groups in total. The zero-order chi connectivity index (χ0) is 15.7. The van der Waals surface area contributed by atoms with Gasteiger partial charge in [0, 0.05) is 25.1 Å². The molecule has 2 amide bonds. The Morgan fingerprint density at radius 2 is 2.27 bits per heavy atom. The summed E-state index contributed by atoms with van der Waals surface area (Å²) in [4.78, 5) is 25.7. The fourth-order valence-corrected chi connectivity index (χ4v) is 3.01. The summed E-state index contributed by atoms with van der Waals surface area (Å²) in [6, 6.07) is 3.51. The molecule has 2 fully saturated rings. The lowest BCUT2D eigenvalue weighted by atomic mass is 10.1. The fraction of sp³-hybridized carbons (Fsp3) is 0.529. The van der Waals surface area contributed by atoms with Crippen LogP contribution in [0.15, 0.2) is 22.6 Å². The molecule has 1 aliphatic carbocycles. The molecule has 2 heterocycles. The summed E-state index contributed by atoms with van der Waals surface area (Å²) >= 11 is 0. The fourth-order valence-electron chi connectivity index (χ4n) is 3.01. The van der Waals surface area contributed by atoms with E-state index >= 15 is 0 Å². The molecule has 5 nitrogen and oxygen atoms in total. The Hall–Kier alpha value is -2.04. The molecule has 0 aromatic carbocycles. The van der Waals surface area contributed by atoms with Crippen molar-refractivity contribution in [1.82, 2.24) is 10.2 Å². The van der Waals surface area contributed by atoms with Crippen LogP contribution in [0.5, 0.6) is 0 Å². The highest BCUT2D eigenvalue weighted by molar-refractivity contribution is 5.96. The summed E-state index contributed by atoms with van der Waals surface area (Å²) in [7, 11) is 0. The minimum absolute atomic E-state index is 0.0708. The number of carbonyl (C=O) groups excluding carboxylic acids is 2. The first-order valence-electron chi connectivity index (χ1n) is 7.96. The minimum Gasteiger partial charge on any atom is -0.461 e. The third-order valence-electron chi connectivity index (χ3n) is 4.51. The van der Waals surface area contributed by atoms with Gasteiger partial charge < -0.3 is 14.6 Å². The third kappa shape index (κ3) is 2.93. The molecule has 0 radical (unpaired) electrons. The Morgan fingerprint density at radius 3 is 2.95 bits per heavy atom. The molecule has 2 aliphatic rings. The lowest BCUT2D eigenvalue weighted by molar-refractivity contribution is -0.140. The molecule has 3 atom stereocenters. The number of piperazine rings is 1. The van der Waals surface area contributed by atoms with Crippen LogP contribution in [-0.2, 0) is 9.59 Å². The van der Waals surface area contributed by atoms with Crippen LogP contribution in [0.25, 0.3) is 6.08 Å². The van der Waals surface area contributed by atoms with Crippen molar-refractivity contribution in [3.8, 4) is 0 Å². The predicted molar refractivity (Wildman–Crippen MR) is 83.1 cm³/mol. The van der Waals surface area contributed by atoms with Gasteiger partial charge in [-0.1, -0.05) is 13.8 Å². The van der Waals surface area contributed by atoms with Gasteiger partial charge >= 0.3 is 0 Å². The molecule has 22 heavy (non-hydrogen) atoms. The molecular formula is C17H22N2O3. The number of rotatable bonds is 4. The first-order valence-corrected chi connectivity index (χ1v) is 7.96. The van der Waals surface area contributed by atoms with Crippen molar-refractivity contribution in [3.05, 3.63) is 29.7 Å². The van der Waals surface area contributed by atoms with Crippen molar-refractivity contribution in [3.63, 3.8) is 0 Å². The number of carbonyl (C=O) groups is 2. The summed E-state index contributed by atoms with van der Waals surface area (Å²) in [6.07, 6.45) is 4.99. The lowest BCUT2D eigenvalue weighted by Gasteiger charge is -2.33. The number of furan rings is 1. The highest BCUT2D eigenvalue weighted by Crippen LogP contribution is 2.47. The molecule has 1 saturated heterocycles. The molecule has 0 spiro atoms. The number of amides is 2. The molecule has 5 heteroatoms. The Bertz CT molecular complexity index is 605. The van der Waals surface area contributed by atoms with Gasteiger partial charge in [-0.05, 0) is 37.0 Å². The van der Waals surface area contributed by atoms with Crippen molar-refractivity contribution >= 4 is 17.9 Å². The van der Waals surface area contributed by atoms with E-state index in [1.165, 1.54) is 12.5 Å². The number of nitrogens with zero attached hydrogens (tertiary/aromatic N) is 1. The molecule has 118 valence electrons. The van der Waals surface area contributed by atoms with Gasteiger partial charge in [-0.3, -0.25) is 9.59 Å². The molecule has 3 unspecified atom stereocenters. The quantitative estimate of drug-likeness (QED) is 0.867. The van der Waals surface area contributed by atoms with Crippen LogP contribution in [0.4, 0.5) is 0 Å². The summed E-state index contributed by atoms with van der Waals surface area (Å²) in [6.45, 7) is 5.18. The second-order valence-electron chi connectivity index (χ2n) is 6.14. The second kappa shape index (κ2) is 5.99. The van der Waals surface area contributed by atoms with Crippen molar-refractivity contribution in [1.29, 1.82) is 0 Å². The molecule has 3 rings (SSSR count). The molecule has 1 aliphatic heterocycles. The van der Waals surface area contributed by atoms with E-state index in [-0.39, 0.29) is 17.9 Å². The van der Waals surface area contributed by atoms with E-state index in [1.807, 2.05) is 19.1 Å². The Kier molecular flexibility index (Phi) is 4.05. The maximum atomic E-state index is 12.3. The SMILES string of the molecule is CCC1C(=O)NCCN1C(=O)/C=C/c1ccc(C2CC2C)o1. The zero-order valence-electron chi connectivity index (χ0n) is 13.0. The average Bonchev–Trinajstić information content (AvgIpc) is 3.06. The molecular weight excluding hydrogens is 280 g/mol. The predicted octanol–water partition coefficient (Wildman–Crippen LogP) is 2.15. The molecule has 1 aromatic heterocycles. The van der Waals surface area contributed by atoms with Crippen molar-refractivity contribution in [2.24, 2.45) is 5.92 Å². The highest BCUT2D eigenvalue weighted by atomic mass is 16.3. The van der Waals surface area contributed by atoms with Gasteiger partial charge in [0.1, 0.15) is 17.6 Å². The van der Waals surface area contributed by atoms with Crippen LogP contribution < -0.4 is 5.32 Å². The van der Waals surface area contributed by atoms with E-state index in [0.29, 0.717) is 37.1 Å². The van der Waals surface area contributed by atoms with E-state index in [4.69, 9.17) is 4.42 Å². The monoisotopic (exact) mass is 302 g/mol. The Balaban J connectivity index is 1.65. The minimum atomic E-state index is -0.370. The van der Waals surface area contributed by atoms with Crippen LogP contribution in [0.1, 0.15) is 44.1 Å². The first kappa shape index (κ1) is 14.9. The van der Waals surface area contributed by atoms with Gasteiger partial charge in [0.15, 0.2) is 0 Å². The van der Waals surface area contributed by atoms with Crippen molar-refractivity contribution in [2.45, 2.75) is 38.6 Å². The molecule has 0 bridgehead atoms. The van der Waals surface area contributed by atoms with Crippen LogP contribution in [-0.4, -0.2) is 35.8 Å². The zero-order valence-corrected chi connectivity index (χ0v) is 13.0. The smallest absolute Gasteiger partial charge is 0.247 e. The van der Waals surface area contributed by atoms with Crippen LogP contribution >= 0.6 is 0 Å². The second-order valence-corrected chi connectivity index (χ2v) is 6.14. The van der Waals surface area contributed by atoms with Crippen molar-refractivity contribution < 1.29 is 14.0 Å². The summed E-state index contributed by atoms with van der Waals surface area (Å²) in [5.74, 6) is 2.72. The van der Waals surface area contributed by atoms with E-state index in [2.05, 4.69) is 12.2 Å².